The fourth-order valence-electron chi connectivity index (χ4n) is 2.27. The molecule has 0 aliphatic carbocycles. The number of β-lactam (4-membered cyclic amide) rings is 1. The number of rotatable bonds is 6. The van der Waals surface area contributed by atoms with Gasteiger partial charge in [0.2, 0.25) is 5.91 Å². The molecule has 0 saturated carbocycles. The van der Waals surface area contributed by atoms with Gasteiger partial charge in [0.25, 0.3) is 11.8 Å². The van der Waals surface area contributed by atoms with Gasteiger partial charge in [-0.15, -0.1) is 11.3 Å². The molecule has 13 nitrogen and oxygen atoms in total. The van der Waals surface area contributed by atoms with E-state index in [2.05, 4.69) is 20.3 Å². The number of nitrogens with two attached hydrogens (primary N) is 1. The van der Waals surface area contributed by atoms with Crippen molar-refractivity contribution in [1.82, 2.24) is 19.5 Å². The fourth-order valence-corrected chi connectivity index (χ4v) is 3.66. The van der Waals surface area contributed by atoms with Gasteiger partial charge >= 0.3 is 10.3 Å². The smallest absolute Gasteiger partial charge is 0.363 e. The number of likely N-dealkylation sites (N-methyl/N-ethyl adjacent to an activating group) is 1. The molecule has 1 aromatic rings. The molecule has 0 bridgehead atoms. The molecule has 0 spiro atoms. The number of amides is 3. The van der Waals surface area contributed by atoms with Crippen molar-refractivity contribution in [2.45, 2.75) is 12.1 Å². The van der Waals surface area contributed by atoms with Crippen LogP contribution in [-0.4, -0.2) is 83.9 Å². The van der Waals surface area contributed by atoms with Crippen LogP contribution in [-0.2, 0) is 29.5 Å². The van der Waals surface area contributed by atoms with Crippen LogP contribution in [0.4, 0.5) is 5.13 Å². The van der Waals surface area contributed by atoms with Gasteiger partial charge in [0.15, 0.2) is 16.9 Å². The maximum absolute atomic E-state index is 12.5. The third kappa shape index (κ3) is 3.99. The van der Waals surface area contributed by atoms with Crippen LogP contribution in [0, 0.1) is 0 Å². The van der Waals surface area contributed by atoms with Crippen LogP contribution in [0.15, 0.2) is 10.5 Å². The number of aromatic nitrogens is 1. The van der Waals surface area contributed by atoms with E-state index in [9.17, 15) is 22.8 Å². The lowest BCUT2D eigenvalue weighted by atomic mass is 9.97. The molecule has 2 heterocycles. The van der Waals surface area contributed by atoms with E-state index in [1.165, 1.54) is 26.6 Å². The lowest BCUT2D eigenvalue weighted by molar-refractivity contribution is -0.155. The second kappa shape index (κ2) is 7.45. The number of carbonyl (C=O) groups excluding carboxylic acids is 3. The molecule has 1 saturated heterocycles. The molecule has 27 heavy (non-hydrogen) atoms. The number of hydrogen-bond donors (Lipinski definition) is 3. The van der Waals surface area contributed by atoms with Gasteiger partial charge < -0.3 is 20.8 Å². The molecule has 3 amide bonds. The molecular weight excluding hydrogens is 404 g/mol. The molecule has 4 N–H and O–H groups in total. The van der Waals surface area contributed by atoms with Crippen molar-refractivity contribution in [3.8, 4) is 0 Å². The first-order chi connectivity index (χ1) is 12.5. The number of nitrogen functional groups attached to an aromatic ring is 1. The van der Waals surface area contributed by atoms with Crippen molar-refractivity contribution in [2.24, 2.45) is 5.16 Å². The topological polar surface area (TPSA) is 185 Å². The number of nitrogens with zero attached hydrogens (tertiary/aromatic N) is 4. The first-order valence-corrected chi connectivity index (χ1v) is 9.42. The molecule has 2 atom stereocenters. The van der Waals surface area contributed by atoms with Gasteiger partial charge in [-0.25, -0.2) is 4.98 Å². The van der Waals surface area contributed by atoms with Gasteiger partial charge in [0.1, 0.15) is 18.8 Å². The first kappa shape index (κ1) is 20.5. The molecule has 0 radical (unpaired) electrons. The summed E-state index contributed by atoms with van der Waals surface area (Å²) < 4.78 is 31.9. The quantitative estimate of drug-likeness (QED) is 0.196. The molecule has 2 rings (SSSR count). The number of nitrogens with one attached hydrogen (secondary N) is 1. The summed E-state index contributed by atoms with van der Waals surface area (Å²) in [5.74, 6) is -2.95. The van der Waals surface area contributed by atoms with E-state index in [0.29, 0.717) is 0 Å². The first-order valence-electron chi connectivity index (χ1n) is 7.14. The summed E-state index contributed by atoms with van der Waals surface area (Å²) >= 11 is 1.03. The zero-order valence-electron chi connectivity index (χ0n) is 14.3. The van der Waals surface area contributed by atoms with Crippen molar-refractivity contribution >= 4 is 50.2 Å². The van der Waals surface area contributed by atoms with E-state index in [4.69, 9.17) is 10.3 Å². The van der Waals surface area contributed by atoms with Gasteiger partial charge in [-0.3, -0.25) is 18.9 Å². The molecular formula is C12H16N6O7S2. The summed E-state index contributed by atoms with van der Waals surface area (Å²) in [5, 5.41) is 7.30. The Hall–Kier alpha value is -2.78. The highest BCUT2D eigenvalue weighted by molar-refractivity contribution is 7.84. The van der Waals surface area contributed by atoms with Gasteiger partial charge in [-0.1, -0.05) is 5.16 Å². The normalized spacial score (nSPS) is 20.1. The summed E-state index contributed by atoms with van der Waals surface area (Å²) in [6, 6.07) is -3.18. The van der Waals surface area contributed by atoms with Crippen LogP contribution in [0.25, 0.3) is 0 Å². The Morgan fingerprint density at radius 2 is 2.11 bits per heavy atom. The Labute approximate surface area is 157 Å². The Morgan fingerprint density at radius 1 is 1.48 bits per heavy atom. The Balaban J connectivity index is 2.30. The largest absolute Gasteiger partial charge is 0.398 e. The number of oxime groups is 1. The van der Waals surface area contributed by atoms with Crippen molar-refractivity contribution in [2.75, 3.05) is 26.9 Å². The third-order valence-electron chi connectivity index (χ3n) is 3.44. The third-order valence-corrected chi connectivity index (χ3v) is 5.02. The second-order valence-electron chi connectivity index (χ2n) is 5.43. The summed E-state index contributed by atoms with van der Waals surface area (Å²) in [7, 11) is -1.17. The minimum Gasteiger partial charge on any atom is -0.398 e. The summed E-state index contributed by atoms with van der Waals surface area (Å²) in [6.07, 6.45) is 0. The van der Waals surface area contributed by atoms with Crippen molar-refractivity contribution in [3.05, 3.63) is 11.1 Å². The van der Waals surface area contributed by atoms with Crippen LogP contribution < -0.4 is 11.1 Å². The molecule has 15 heteroatoms. The minimum atomic E-state index is -4.99. The predicted octanol–water partition coefficient (Wildman–Crippen LogP) is -2.34. The Bertz CT molecular complexity index is 909. The lowest BCUT2D eigenvalue weighted by Gasteiger charge is -2.43. The average molecular weight is 420 g/mol. The van der Waals surface area contributed by atoms with Crippen LogP contribution in [0.1, 0.15) is 5.69 Å². The molecule has 0 aromatic carbocycles. The van der Waals surface area contributed by atoms with E-state index in [0.717, 1.165) is 16.2 Å². The maximum atomic E-state index is 12.5. The summed E-state index contributed by atoms with van der Waals surface area (Å²) in [4.78, 5) is 46.3. The van der Waals surface area contributed by atoms with Crippen LogP contribution in [0.5, 0.6) is 0 Å². The molecule has 1 fully saturated rings. The summed E-state index contributed by atoms with van der Waals surface area (Å²) in [5.41, 5.74) is 5.24. The molecule has 1 aliphatic rings. The lowest BCUT2D eigenvalue weighted by Crippen LogP contribution is -2.75. The van der Waals surface area contributed by atoms with Gasteiger partial charge in [-0.05, 0) is 0 Å². The number of anilines is 1. The number of thiazole rings is 1. The van der Waals surface area contributed by atoms with Crippen molar-refractivity contribution in [1.29, 1.82) is 0 Å². The van der Waals surface area contributed by atoms with Crippen molar-refractivity contribution < 1.29 is 32.2 Å². The highest BCUT2D eigenvalue weighted by atomic mass is 32.2. The second-order valence-corrected chi connectivity index (χ2v) is 7.61. The highest BCUT2D eigenvalue weighted by Gasteiger charge is 2.58. The molecule has 0 unspecified atom stereocenters. The van der Waals surface area contributed by atoms with E-state index < -0.39 is 40.1 Å². The van der Waals surface area contributed by atoms with Gasteiger partial charge in [0, 0.05) is 19.5 Å². The van der Waals surface area contributed by atoms with Gasteiger partial charge in [-0.2, -0.15) is 12.7 Å². The number of carbonyl (C=O) groups is 3. The van der Waals surface area contributed by atoms with Crippen LogP contribution in [0.2, 0.25) is 0 Å². The van der Waals surface area contributed by atoms with E-state index in [1.807, 2.05) is 0 Å². The molecule has 1 aromatic heterocycles. The van der Waals surface area contributed by atoms with E-state index in [1.54, 1.807) is 0 Å². The van der Waals surface area contributed by atoms with E-state index >= 15 is 0 Å². The zero-order chi connectivity index (χ0) is 20.5. The molecule has 1 aliphatic heterocycles. The summed E-state index contributed by atoms with van der Waals surface area (Å²) in [6.45, 7) is 0. The average Bonchev–Trinajstić information content (AvgIpc) is 2.98. The highest BCUT2D eigenvalue weighted by Crippen LogP contribution is 2.25. The van der Waals surface area contributed by atoms with Crippen LogP contribution >= 0.6 is 11.3 Å². The SMILES string of the molecule is CON=C(C(=O)N[C@@H]1C(=O)N(S(=O)(=O)O)[C@@H]1C(=O)N(C)C)c1csc(N)n1. The predicted molar refractivity (Wildman–Crippen MR) is 92.9 cm³/mol. The maximum Gasteiger partial charge on any atom is 0.363 e. The van der Waals surface area contributed by atoms with Crippen molar-refractivity contribution in [3.63, 3.8) is 0 Å². The standard InChI is InChI=1S/C12H16N6O7S2/c1-17(2)11(21)8-7(10(20)18(8)27(22,23)24)15-9(19)6(16-25-3)5-4-26-12(13)14-5/h4,7-8H,1-3H3,(H2,13,14)(H,15,19)(H,22,23,24)/t7-,8-/m0/s1. The van der Waals surface area contributed by atoms with Gasteiger partial charge in [0.05, 0.1) is 0 Å². The molecule has 148 valence electrons. The van der Waals surface area contributed by atoms with Crippen LogP contribution in [0.3, 0.4) is 0 Å². The van der Waals surface area contributed by atoms with E-state index in [-0.39, 0.29) is 20.8 Å². The Morgan fingerprint density at radius 3 is 2.56 bits per heavy atom. The number of hydrogen-bond acceptors (Lipinski definition) is 10. The monoisotopic (exact) mass is 420 g/mol. The fraction of sp³-hybridized carbons (Fsp3) is 0.417. The Kier molecular flexibility index (Phi) is 5.67. The zero-order valence-corrected chi connectivity index (χ0v) is 15.9. The minimum absolute atomic E-state index is 0.00571.